The standard InChI is InChI=1S/C18H17N3/c1-3-7-14(8-4-1)18-16-13-19-12-11-17(16)21(20-18)15-9-5-2-6-10-15/h1-10,19H,11-13H2. The zero-order valence-electron chi connectivity index (χ0n) is 11.8. The molecule has 3 nitrogen and oxygen atoms in total. The molecule has 0 unspecified atom stereocenters. The molecular weight excluding hydrogens is 258 g/mol. The highest BCUT2D eigenvalue weighted by atomic mass is 15.3. The van der Waals surface area contributed by atoms with Gasteiger partial charge in [-0.3, -0.25) is 0 Å². The van der Waals surface area contributed by atoms with E-state index in [2.05, 4.69) is 58.5 Å². The van der Waals surface area contributed by atoms with E-state index in [-0.39, 0.29) is 0 Å². The van der Waals surface area contributed by atoms with Crippen LogP contribution in [0.1, 0.15) is 11.3 Å². The highest BCUT2D eigenvalue weighted by molar-refractivity contribution is 5.65. The lowest BCUT2D eigenvalue weighted by Crippen LogP contribution is -2.24. The molecule has 1 N–H and O–H groups in total. The van der Waals surface area contributed by atoms with Gasteiger partial charge in [0.25, 0.3) is 0 Å². The van der Waals surface area contributed by atoms with Crippen LogP contribution in [0, 0.1) is 0 Å². The van der Waals surface area contributed by atoms with Crippen molar-refractivity contribution in [3.05, 3.63) is 71.9 Å². The molecule has 0 radical (unpaired) electrons. The van der Waals surface area contributed by atoms with E-state index >= 15 is 0 Å². The number of para-hydroxylation sites is 1. The van der Waals surface area contributed by atoms with Crippen molar-refractivity contribution in [2.45, 2.75) is 13.0 Å². The largest absolute Gasteiger partial charge is 0.312 e. The summed E-state index contributed by atoms with van der Waals surface area (Å²) >= 11 is 0. The minimum Gasteiger partial charge on any atom is -0.312 e. The average molecular weight is 275 g/mol. The monoisotopic (exact) mass is 275 g/mol. The Kier molecular flexibility index (Phi) is 3.05. The summed E-state index contributed by atoms with van der Waals surface area (Å²) in [5.74, 6) is 0. The summed E-state index contributed by atoms with van der Waals surface area (Å²) < 4.78 is 2.11. The molecule has 21 heavy (non-hydrogen) atoms. The van der Waals surface area contributed by atoms with Gasteiger partial charge in [-0.25, -0.2) is 4.68 Å². The summed E-state index contributed by atoms with van der Waals surface area (Å²) in [6.07, 6.45) is 1.02. The fraction of sp³-hybridized carbons (Fsp3) is 0.167. The molecule has 0 atom stereocenters. The smallest absolute Gasteiger partial charge is 0.0975 e. The first-order valence-electron chi connectivity index (χ1n) is 7.36. The molecule has 0 saturated carbocycles. The minimum atomic E-state index is 0.895. The van der Waals surface area contributed by atoms with Gasteiger partial charge in [0.1, 0.15) is 0 Å². The zero-order valence-corrected chi connectivity index (χ0v) is 11.8. The lowest BCUT2D eigenvalue weighted by Gasteiger charge is -2.15. The van der Waals surface area contributed by atoms with E-state index in [1.807, 2.05) is 12.1 Å². The van der Waals surface area contributed by atoms with Crippen molar-refractivity contribution in [1.29, 1.82) is 0 Å². The quantitative estimate of drug-likeness (QED) is 0.778. The van der Waals surface area contributed by atoms with E-state index in [9.17, 15) is 0 Å². The first-order chi connectivity index (χ1) is 10.4. The summed E-state index contributed by atoms with van der Waals surface area (Å²) in [5, 5.41) is 8.37. The van der Waals surface area contributed by atoms with Crippen LogP contribution in [0.2, 0.25) is 0 Å². The molecular formula is C18H17N3. The van der Waals surface area contributed by atoms with Gasteiger partial charge in [0.2, 0.25) is 0 Å². The Morgan fingerprint density at radius 3 is 2.38 bits per heavy atom. The predicted molar refractivity (Wildman–Crippen MR) is 84.4 cm³/mol. The van der Waals surface area contributed by atoms with E-state index in [0.717, 1.165) is 30.9 Å². The number of nitrogens with one attached hydrogen (secondary N) is 1. The third-order valence-electron chi connectivity index (χ3n) is 3.98. The Balaban J connectivity index is 1.92. The molecule has 0 bridgehead atoms. The number of aromatic nitrogens is 2. The molecule has 3 heteroatoms. The first kappa shape index (κ1) is 12.4. The van der Waals surface area contributed by atoms with E-state index < -0.39 is 0 Å². The van der Waals surface area contributed by atoms with Crippen molar-refractivity contribution in [3.63, 3.8) is 0 Å². The Hall–Kier alpha value is -2.39. The van der Waals surface area contributed by atoms with Crippen LogP contribution in [-0.2, 0) is 13.0 Å². The Bertz CT molecular complexity index is 681. The molecule has 0 fully saturated rings. The average Bonchev–Trinajstić information content (AvgIpc) is 2.96. The van der Waals surface area contributed by atoms with Crippen molar-refractivity contribution < 1.29 is 0 Å². The second kappa shape index (κ2) is 5.19. The third-order valence-corrected chi connectivity index (χ3v) is 3.98. The van der Waals surface area contributed by atoms with Crippen LogP contribution in [-0.4, -0.2) is 16.3 Å². The molecule has 104 valence electrons. The first-order valence-corrected chi connectivity index (χ1v) is 7.36. The van der Waals surface area contributed by atoms with Gasteiger partial charge in [-0.05, 0) is 12.1 Å². The Morgan fingerprint density at radius 1 is 0.905 bits per heavy atom. The van der Waals surface area contributed by atoms with Crippen molar-refractivity contribution in [2.24, 2.45) is 0 Å². The Morgan fingerprint density at radius 2 is 1.62 bits per heavy atom. The van der Waals surface area contributed by atoms with Crippen molar-refractivity contribution in [1.82, 2.24) is 15.1 Å². The van der Waals surface area contributed by atoms with Crippen molar-refractivity contribution >= 4 is 0 Å². The van der Waals surface area contributed by atoms with Crippen LogP contribution < -0.4 is 5.32 Å². The highest BCUT2D eigenvalue weighted by Crippen LogP contribution is 2.29. The van der Waals surface area contributed by atoms with Crippen LogP contribution >= 0.6 is 0 Å². The van der Waals surface area contributed by atoms with Gasteiger partial charge in [0, 0.05) is 30.6 Å². The lowest BCUT2D eigenvalue weighted by atomic mass is 10.0. The van der Waals surface area contributed by atoms with Gasteiger partial charge in [-0.2, -0.15) is 5.10 Å². The maximum absolute atomic E-state index is 4.91. The number of fused-ring (bicyclic) bond motifs is 1. The molecule has 2 aromatic carbocycles. The second-order valence-corrected chi connectivity index (χ2v) is 5.31. The number of rotatable bonds is 2. The SMILES string of the molecule is c1ccc(-c2nn(-c3ccccc3)c3c2CNCC3)cc1. The van der Waals surface area contributed by atoms with Gasteiger partial charge < -0.3 is 5.32 Å². The van der Waals surface area contributed by atoms with E-state index in [4.69, 9.17) is 5.10 Å². The van der Waals surface area contributed by atoms with Crippen molar-refractivity contribution in [2.75, 3.05) is 6.54 Å². The summed E-state index contributed by atoms with van der Waals surface area (Å²) in [7, 11) is 0. The molecule has 1 aliphatic heterocycles. The second-order valence-electron chi connectivity index (χ2n) is 5.31. The van der Waals surface area contributed by atoms with Crippen molar-refractivity contribution in [3.8, 4) is 16.9 Å². The van der Waals surface area contributed by atoms with Gasteiger partial charge >= 0.3 is 0 Å². The maximum atomic E-state index is 4.91. The topological polar surface area (TPSA) is 29.9 Å². The van der Waals surface area contributed by atoms with Crippen LogP contribution in [0.15, 0.2) is 60.7 Å². The van der Waals surface area contributed by atoms with Gasteiger partial charge in [0.05, 0.1) is 17.1 Å². The molecule has 2 heterocycles. The van der Waals surface area contributed by atoms with E-state index in [0.29, 0.717) is 0 Å². The third kappa shape index (κ3) is 2.16. The fourth-order valence-electron chi connectivity index (χ4n) is 2.96. The molecule has 1 aromatic heterocycles. The number of hydrogen-bond acceptors (Lipinski definition) is 2. The molecule has 0 aliphatic carbocycles. The summed E-state index contributed by atoms with van der Waals surface area (Å²) in [6.45, 7) is 1.91. The molecule has 0 saturated heterocycles. The van der Waals surface area contributed by atoms with E-state index in [1.54, 1.807) is 0 Å². The molecule has 4 rings (SSSR count). The predicted octanol–water partition coefficient (Wildman–Crippen LogP) is 3.19. The van der Waals surface area contributed by atoms with Crippen LogP contribution in [0.4, 0.5) is 0 Å². The van der Waals surface area contributed by atoms with Crippen LogP contribution in [0.25, 0.3) is 16.9 Å². The zero-order chi connectivity index (χ0) is 14.1. The minimum absolute atomic E-state index is 0.895. The van der Waals surface area contributed by atoms with Crippen LogP contribution in [0.5, 0.6) is 0 Å². The maximum Gasteiger partial charge on any atom is 0.0975 e. The molecule has 3 aromatic rings. The van der Waals surface area contributed by atoms with Crippen LogP contribution in [0.3, 0.4) is 0 Å². The normalized spacial score (nSPS) is 13.9. The molecule has 0 amide bonds. The summed E-state index contributed by atoms with van der Waals surface area (Å²) in [5.41, 5.74) is 6.08. The fourth-order valence-corrected chi connectivity index (χ4v) is 2.96. The highest BCUT2D eigenvalue weighted by Gasteiger charge is 2.21. The number of benzene rings is 2. The van der Waals surface area contributed by atoms with Gasteiger partial charge in [0.15, 0.2) is 0 Å². The molecule has 1 aliphatic rings. The number of nitrogens with zero attached hydrogens (tertiary/aromatic N) is 2. The van der Waals surface area contributed by atoms with Gasteiger partial charge in [-0.15, -0.1) is 0 Å². The summed E-state index contributed by atoms with van der Waals surface area (Å²) in [6, 6.07) is 20.8. The van der Waals surface area contributed by atoms with Gasteiger partial charge in [-0.1, -0.05) is 48.5 Å². The molecule has 0 spiro atoms. The lowest BCUT2D eigenvalue weighted by molar-refractivity contribution is 0.623. The van der Waals surface area contributed by atoms with E-state index in [1.165, 1.54) is 16.8 Å². The summed E-state index contributed by atoms with van der Waals surface area (Å²) in [4.78, 5) is 0. The number of hydrogen-bond donors (Lipinski definition) is 1. The Labute approximate surface area is 124 Å².